The van der Waals surface area contributed by atoms with E-state index in [-0.39, 0.29) is 120 Å². The highest BCUT2D eigenvalue weighted by molar-refractivity contribution is 8.00. The first-order valence-corrected chi connectivity index (χ1v) is 28.1. The highest BCUT2D eigenvalue weighted by Gasteiger charge is 2.39. The first-order valence-electron chi connectivity index (χ1n) is 25.9. The Bertz CT molecular complexity index is 2530. The molecule has 11 N–H and O–H groups in total. The average molecular weight is 1220 g/mol. The van der Waals surface area contributed by atoms with Gasteiger partial charge < -0.3 is 76.3 Å². The van der Waals surface area contributed by atoms with Gasteiger partial charge in [0.1, 0.15) is 23.7 Å². The third-order valence-corrected chi connectivity index (χ3v) is 13.7. The molecule has 0 saturated carbocycles. The molecule has 0 aliphatic rings. The number of hydrogen-bond donors (Lipinski definition) is 9. The fraction of sp³-hybridized carbons (Fsp3) is 0.547. The van der Waals surface area contributed by atoms with Crippen LogP contribution >= 0.6 is 23.5 Å². The fourth-order valence-corrected chi connectivity index (χ4v) is 9.42. The number of nitrogens with zero attached hydrogens (tertiary/aromatic N) is 2. The van der Waals surface area contributed by atoms with Crippen LogP contribution in [0, 0.1) is 17.0 Å². The highest BCUT2D eigenvalue weighted by Crippen LogP contribution is 2.41. The lowest BCUT2D eigenvalue weighted by Crippen LogP contribution is -2.45. The first kappa shape index (κ1) is 72.7. The van der Waals surface area contributed by atoms with Gasteiger partial charge in [-0.2, -0.15) is 13.2 Å². The topological polar surface area (TPSA) is 351 Å². The summed E-state index contributed by atoms with van der Waals surface area (Å²) in [6.45, 7) is 8.63. The number of ether oxygens (including phenoxy) is 4. The second-order valence-corrected chi connectivity index (χ2v) is 21.4. The molecular weight excluding hydrogens is 1150 g/mol. The molecule has 1 aromatic heterocycles. The van der Waals surface area contributed by atoms with Crippen molar-refractivity contribution in [1.29, 1.82) is 0 Å². The molecule has 1 heterocycles. The summed E-state index contributed by atoms with van der Waals surface area (Å²) in [5.41, 5.74) is 13.0. The van der Waals surface area contributed by atoms with Gasteiger partial charge in [-0.05, 0) is 48.2 Å². The molecule has 464 valence electrons. The average Bonchev–Trinajstić information content (AvgIpc) is 3.57. The van der Waals surface area contributed by atoms with E-state index in [1.807, 2.05) is 55.7 Å². The van der Waals surface area contributed by atoms with Crippen LogP contribution in [0.25, 0.3) is 11.1 Å². The molecule has 23 nitrogen and oxygen atoms in total. The molecule has 0 aliphatic carbocycles. The van der Waals surface area contributed by atoms with Crippen LogP contribution in [0.2, 0.25) is 0 Å². The van der Waals surface area contributed by atoms with Gasteiger partial charge in [-0.1, -0.05) is 51.1 Å². The van der Waals surface area contributed by atoms with Crippen molar-refractivity contribution in [1.82, 2.24) is 25.4 Å². The van der Waals surface area contributed by atoms with E-state index in [0.29, 0.717) is 30.8 Å². The third kappa shape index (κ3) is 29.6. The second kappa shape index (κ2) is 38.4. The van der Waals surface area contributed by atoms with E-state index in [1.165, 1.54) is 0 Å². The molecule has 0 spiro atoms. The Morgan fingerprint density at radius 3 is 1.90 bits per heavy atom. The number of aliphatic carboxylic acids is 4. The lowest BCUT2D eigenvalue weighted by molar-refractivity contribution is -0.192. The minimum absolute atomic E-state index is 0.00363. The number of amides is 4. The Balaban J connectivity index is 0.00000314. The van der Waals surface area contributed by atoms with Crippen molar-refractivity contribution in [3.05, 3.63) is 83.7 Å². The Morgan fingerprint density at radius 2 is 1.35 bits per heavy atom. The normalized spacial score (nSPS) is 12.9. The van der Waals surface area contributed by atoms with Crippen LogP contribution in [0.1, 0.15) is 63.8 Å². The van der Waals surface area contributed by atoms with Crippen molar-refractivity contribution in [2.75, 3.05) is 96.3 Å². The Hall–Kier alpha value is -6.41. The van der Waals surface area contributed by atoms with Crippen molar-refractivity contribution in [2.24, 2.45) is 16.9 Å². The molecule has 0 bridgehead atoms. The maximum atomic E-state index is 15.2. The molecule has 3 rings (SSSR count). The van der Waals surface area contributed by atoms with Crippen molar-refractivity contribution in [3.8, 4) is 11.1 Å². The molecule has 1 unspecified atom stereocenters. The maximum Gasteiger partial charge on any atom is 0.490 e. The van der Waals surface area contributed by atoms with Gasteiger partial charge in [0, 0.05) is 73.5 Å². The molecule has 0 aliphatic heterocycles. The minimum Gasteiger partial charge on any atom is -0.481 e. The van der Waals surface area contributed by atoms with Crippen LogP contribution in [0.5, 0.6) is 0 Å². The largest absolute Gasteiger partial charge is 0.490 e. The SMILES string of the molecule is CC(C)(C)[C@H](c1cc(-c2cc(F)ccc2F)cn1Cc1ccccc1)N(CCCN)C(=O)CSC[C@H](NC(=O)CCOCCOCCOCCOCCNC(=O)CCNC(=O)C(CC(=O)O)SC[C@H](N)C(=O)O)C(=O)O.O=C(O)C(F)(F)F. The van der Waals surface area contributed by atoms with E-state index in [9.17, 15) is 56.2 Å². The number of benzene rings is 2. The lowest BCUT2D eigenvalue weighted by Gasteiger charge is -2.41. The van der Waals surface area contributed by atoms with Gasteiger partial charge in [0.05, 0.1) is 76.3 Å². The van der Waals surface area contributed by atoms with E-state index < -0.39 is 88.7 Å². The molecule has 4 amide bonds. The standard InChI is InChI=1S/C51H73F2N7O14S2.C2HF3O2/c1-51(2,3)47(41-26-35(37-27-36(52)10-11-38(37)53)30-59(41)29-34-8-5-4-6-9-34)60(17-7-14-54)45(63)33-75-32-40(50(69)70)58-44(62)13-18-71-20-22-73-24-25-74-23-21-72-19-16-56-43(61)12-15-57-48(66)42(28-46(64)65)76-31-39(55)49(67)68;3-2(4,5)1(6)7/h4-6,8-11,26-27,30,39-40,42,47H,7,12-25,28-29,31-33,54-55H2,1-3H3,(H,56,61)(H,57,66)(H,58,62)(H,64,65)(H,67,68)(H,69,70);(H,6,7)/t39-,40-,42?,47-;/m0./s1. The molecule has 0 radical (unpaired) electrons. The summed E-state index contributed by atoms with van der Waals surface area (Å²) in [7, 11) is 0. The number of thioether (sulfide) groups is 2. The number of rotatable bonds is 39. The van der Waals surface area contributed by atoms with Gasteiger partial charge in [-0.3, -0.25) is 28.8 Å². The van der Waals surface area contributed by atoms with Gasteiger partial charge in [-0.25, -0.2) is 18.4 Å². The van der Waals surface area contributed by atoms with Gasteiger partial charge >= 0.3 is 30.1 Å². The van der Waals surface area contributed by atoms with Crippen molar-refractivity contribution in [2.45, 2.75) is 82.6 Å². The minimum atomic E-state index is -5.08. The Labute approximate surface area is 485 Å². The Kier molecular flexibility index (Phi) is 33.7. The summed E-state index contributed by atoms with van der Waals surface area (Å²) in [6, 6.07) is 11.5. The number of halogens is 5. The number of hydrogen-bond acceptors (Lipinski definition) is 16. The van der Waals surface area contributed by atoms with Gasteiger partial charge in [0.25, 0.3) is 0 Å². The number of alkyl halides is 3. The predicted molar refractivity (Wildman–Crippen MR) is 296 cm³/mol. The monoisotopic (exact) mass is 1220 g/mol. The number of nitrogens with one attached hydrogen (secondary N) is 3. The summed E-state index contributed by atoms with van der Waals surface area (Å²) in [5.74, 6) is -9.97. The lowest BCUT2D eigenvalue weighted by atomic mass is 9.83. The number of nitrogens with two attached hydrogens (primary N) is 2. The molecule has 2 aromatic carbocycles. The van der Waals surface area contributed by atoms with Crippen LogP contribution in [-0.4, -0.2) is 197 Å². The first-order chi connectivity index (χ1) is 39.2. The number of carboxylic acids is 4. The van der Waals surface area contributed by atoms with E-state index in [2.05, 4.69) is 16.0 Å². The third-order valence-electron chi connectivity index (χ3n) is 11.3. The smallest absolute Gasteiger partial charge is 0.481 e. The van der Waals surface area contributed by atoms with Crippen LogP contribution < -0.4 is 27.4 Å². The van der Waals surface area contributed by atoms with Crippen LogP contribution in [-0.2, 0) is 63.8 Å². The molecule has 83 heavy (non-hydrogen) atoms. The van der Waals surface area contributed by atoms with Gasteiger partial charge in [0.2, 0.25) is 23.6 Å². The highest BCUT2D eigenvalue weighted by atomic mass is 32.2. The summed E-state index contributed by atoms with van der Waals surface area (Å²) in [6.07, 6.45) is -3.59. The van der Waals surface area contributed by atoms with E-state index in [1.54, 1.807) is 17.2 Å². The molecular formula is C53H74F5N7O16S2. The summed E-state index contributed by atoms with van der Waals surface area (Å²) in [4.78, 5) is 96.2. The molecule has 3 aromatic rings. The molecule has 4 atom stereocenters. The fourth-order valence-electron chi connectivity index (χ4n) is 7.43. The number of carbonyl (C=O) groups is 8. The van der Waals surface area contributed by atoms with Gasteiger partial charge in [0.15, 0.2) is 0 Å². The second-order valence-electron chi connectivity index (χ2n) is 19.1. The quantitative estimate of drug-likeness (QED) is 0.0290. The zero-order valence-corrected chi connectivity index (χ0v) is 47.8. The summed E-state index contributed by atoms with van der Waals surface area (Å²) < 4.78 is 85.1. The van der Waals surface area contributed by atoms with Gasteiger partial charge in [-0.15, -0.1) is 23.5 Å². The molecule has 30 heteroatoms. The molecule has 0 saturated heterocycles. The van der Waals surface area contributed by atoms with E-state index >= 15 is 4.39 Å². The van der Waals surface area contributed by atoms with E-state index in [4.69, 9.17) is 50.5 Å². The predicted octanol–water partition coefficient (Wildman–Crippen LogP) is 3.75. The van der Waals surface area contributed by atoms with Crippen LogP contribution in [0.4, 0.5) is 22.0 Å². The number of carbonyl (C=O) groups excluding carboxylic acids is 4. The maximum absolute atomic E-state index is 15.2. The summed E-state index contributed by atoms with van der Waals surface area (Å²) >= 11 is 1.88. The van der Waals surface area contributed by atoms with Crippen molar-refractivity contribution < 1.29 is 99.7 Å². The Morgan fingerprint density at radius 1 is 0.747 bits per heavy atom. The number of aromatic nitrogens is 1. The summed E-state index contributed by atoms with van der Waals surface area (Å²) in [5, 5.41) is 41.6. The van der Waals surface area contributed by atoms with E-state index in [0.717, 1.165) is 47.3 Å². The zero-order chi connectivity index (χ0) is 62.1. The van der Waals surface area contributed by atoms with Crippen molar-refractivity contribution >= 4 is 71.0 Å². The van der Waals surface area contributed by atoms with Crippen LogP contribution in [0.3, 0.4) is 0 Å². The number of carboxylic acid groups (broad SMARTS) is 4. The zero-order valence-electron chi connectivity index (χ0n) is 46.2. The van der Waals surface area contributed by atoms with Crippen molar-refractivity contribution in [3.63, 3.8) is 0 Å². The van der Waals surface area contributed by atoms with Crippen LogP contribution in [0.15, 0.2) is 60.8 Å². The molecule has 0 fully saturated rings.